The van der Waals surface area contributed by atoms with Gasteiger partial charge >= 0.3 is 0 Å². The molecule has 0 radical (unpaired) electrons. The molecule has 0 bridgehead atoms. The Balaban J connectivity index is 1.81. The van der Waals surface area contributed by atoms with E-state index in [2.05, 4.69) is 15.5 Å². The van der Waals surface area contributed by atoms with Gasteiger partial charge in [-0.2, -0.15) is 4.98 Å². The lowest BCUT2D eigenvalue weighted by atomic mass is 10.0. The van der Waals surface area contributed by atoms with Crippen LogP contribution in [0.3, 0.4) is 0 Å². The largest absolute Gasteiger partial charge is 0.461 e. The number of carbonyl (C=O) groups is 1. The summed E-state index contributed by atoms with van der Waals surface area (Å²) in [6, 6.07) is 6.77. The predicted molar refractivity (Wildman–Crippen MR) is 81.4 cm³/mol. The van der Waals surface area contributed by atoms with Crippen LogP contribution >= 0.6 is 11.3 Å². The third-order valence-corrected chi connectivity index (χ3v) is 4.02. The molecule has 0 saturated heterocycles. The Morgan fingerprint density at radius 3 is 2.82 bits per heavy atom. The van der Waals surface area contributed by atoms with Gasteiger partial charge < -0.3 is 14.3 Å². The van der Waals surface area contributed by atoms with Crippen molar-refractivity contribution in [1.29, 1.82) is 0 Å². The molecule has 0 fully saturated rings. The number of aromatic nitrogens is 2. The van der Waals surface area contributed by atoms with E-state index in [4.69, 9.17) is 8.94 Å². The van der Waals surface area contributed by atoms with Crippen molar-refractivity contribution in [3.05, 3.63) is 46.7 Å². The lowest BCUT2D eigenvalue weighted by Crippen LogP contribution is -2.31. The third-order valence-electron chi connectivity index (χ3n) is 3.15. The normalized spacial score (nSPS) is 12.5. The smallest absolute Gasteiger partial charge is 0.262 e. The van der Waals surface area contributed by atoms with Gasteiger partial charge in [0.25, 0.3) is 5.91 Å². The van der Waals surface area contributed by atoms with Crippen molar-refractivity contribution in [2.24, 2.45) is 5.92 Å². The van der Waals surface area contributed by atoms with Crippen LogP contribution in [0.15, 0.2) is 44.8 Å². The summed E-state index contributed by atoms with van der Waals surface area (Å²) in [7, 11) is 0. The van der Waals surface area contributed by atoms with Gasteiger partial charge in [0.15, 0.2) is 5.76 Å². The molecule has 3 aromatic heterocycles. The minimum atomic E-state index is -0.356. The van der Waals surface area contributed by atoms with Crippen molar-refractivity contribution >= 4 is 17.2 Å². The molecule has 0 aromatic carbocycles. The fourth-order valence-corrected chi connectivity index (χ4v) is 2.63. The fourth-order valence-electron chi connectivity index (χ4n) is 2.00. The number of amides is 1. The molecule has 0 aliphatic rings. The van der Waals surface area contributed by atoms with E-state index in [0.29, 0.717) is 22.4 Å². The number of rotatable bonds is 5. The number of carbonyl (C=O) groups excluding carboxylic acids is 1. The monoisotopic (exact) mass is 317 g/mol. The maximum atomic E-state index is 12.2. The molecule has 114 valence electrons. The van der Waals surface area contributed by atoms with Gasteiger partial charge in [-0.3, -0.25) is 4.79 Å². The minimum absolute atomic E-state index is 0.105. The highest BCUT2D eigenvalue weighted by molar-refractivity contribution is 7.12. The number of hydrogen-bond donors (Lipinski definition) is 1. The van der Waals surface area contributed by atoms with Crippen molar-refractivity contribution in [1.82, 2.24) is 15.5 Å². The van der Waals surface area contributed by atoms with Crippen LogP contribution in [0.5, 0.6) is 0 Å². The first kappa shape index (κ1) is 14.5. The van der Waals surface area contributed by atoms with E-state index in [9.17, 15) is 4.79 Å². The van der Waals surface area contributed by atoms with Gasteiger partial charge in [0.05, 0.1) is 11.1 Å². The Kier molecular flexibility index (Phi) is 4.06. The first-order valence-corrected chi connectivity index (χ1v) is 7.75. The molecule has 6 nitrogen and oxygen atoms in total. The van der Waals surface area contributed by atoms with Crippen LogP contribution < -0.4 is 5.32 Å². The minimum Gasteiger partial charge on any atom is -0.461 e. The first-order chi connectivity index (χ1) is 10.6. The second kappa shape index (κ2) is 6.15. The average Bonchev–Trinajstić information content (AvgIpc) is 3.25. The van der Waals surface area contributed by atoms with E-state index in [-0.39, 0.29) is 17.9 Å². The summed E-state index contributed by atoms with van der Waals surface area (Å²) >= 11 is 1.39. The number of thiophene rings is 1. The summed E-state index contributed by atoms with van der Waals surface area (Å²) in [5.74, 6) is 1.23. The molecular formula is C15H15N3O3S. The summed E-state index contributed by atoms with van der Waals surface area (Å²) in [5, 5.41) is 8.70. The molecule has 1 amide bonds. The SMILES string of the molecule is CC(C)[C@@H](NC(=O)c1cccs1)c1nc(-c2ccco2)no1. The molecule has 7 heteroatoms. The van der Waals surface area contributed by atoms with Crippen LogP contribution in [0.4, 0.5) is 0 Å². The predicted octanol–water partition coefficient (Wildman–Crippen LogP) is 3.52. The van der Waals surface area contributed by atoms with E-state index < -0.39 is 0 Å². The summed E-state index contributed by atoms with van der Waals surface area (Å²) in [5.41, 5.74) is 0. The lowest BCUT2D eigenvalue weighted by molar-refractivity contribution is 0.0918. The van der Waals surface area contributed by atoms with Crippen LogP contribution in [0.2, 0.25) is 0 Å². The van der Waals surface area contributed by atoms with Crippen LogP contribution in [-0.4, -0.2) is 16.0 Å². The standard InChI is InChI=1S/C15H15N3O3S/c1-9(2)12(16-14(19)11-6-4-8-22-11)15-17-13(18-21-15)10-5-3-7-20-10/h3-9,12H,1-2H3,(H,16,19)/t12-/m1/s1. The quantitative estimate of drug-likeness (QED) is 0.778. The summed E-state index contributed by atoms with van der Waals surface area (Å²) < 4.78 is 10.5. The topological polar surface area (TPSA) is 81.2 Å². The van der Waals surface area contributed by atoms with E-state index in [1.807, 2.05) is 25.3 Å². The van der Waals surface area contributed by atoms with Gasteiger partial charge in [0, 0.05) is 0 Å². The zero-order valence-electron chi connectivity index (χ0n) is 12.1. The van der Waals surface area contributed by atoms with Gasteiger partial charge in [-0.05, 0) is 29.5 Å². The molecule has 1 atom stereocenters. The van der Waals surface area contributed by atoms with E-state index in [1.165, 1.54) is 11.3 Å². The zero-order valence-corrected chi connectivity index (χ0v) is 13.0. The lowest BCUT2D eigenvalue weighted by Gasteiger charge is -2.17. The molecule has 0 unspecified atom stereocenters. The summed E-state index contributed by atoms with van der Waals surface area (Å²) in [6.07, 6.45) is 1.55. The van der Waals surface area contributed by atoms with Crippen LogP contribution in [-0.2, 0) is 0 Å². The Morgan fingerprint density at radius 2 is 2.18 bits per heavy atom. The van der Waals surface area contributed by atoms with Crippen molar-refractivity contribution < 1.29 is 13.7 Å². The third kappa shape index (κ3) is 2.94. The molecule has 0 saturated carbocycles. The van der Waals surface area contributed by atoms with Crippen LogP contribution in [0.1, 0.15) is 35.5 Å². The Morgan fingerprint density at radius 1 is 1.32 bits per heavy atom. The molecule has 3 rings (SSSR count). The van der Waals surface area contributed by atoms with Gasteiger partial charge in [0.1, 0.15) is 6.04 Å². The van der Waals surface area contributed by atoms with Crippen molar-refractivity contribution in [2.45, 2.75) is 19.9 Å². The summed E-state index contributed by atoms with van der Waals surface area (Å²) in [6.45, 7) is 3.96. The fraction of sp³-hybridized carbons (Fsp3) is 0.267. The maximum absolute atomic E-state index is 12.2. The van der Waals surface area contributed by atoms with Crippen molar-refractivity contribution in [3.63, 3.8) is 0 Å². The van der Waals surface area contributed by atoms with Crippen molar-refractivity contribution in [2.75, 3.05) is 0 Å². The van der Waals surface area contributed by atoms with Crippen LogP contribution in [0, 0.1) is 5.92 Å². The van der Waals surface area contributed by atoms with E-state index in [0.717, 1.165) is 0 Å². The average molecular weight is 317 g/mol. The van der Waals surface area contributed by atoms with E-state index >= 15 is 0 Å². The Labute approximate surface area is 131 Å². The zero-order chi connectivity index (χ0) is 15.5. The van der Waals surface area contributed by atoms with Gasteiger partial charge in [-0.15, -0.1) is 11.3 Å². The Hall–Kier alpha value is -2.41. The van der Waals surface area contributed by atoms with Gasteiger partial charge in [-0.25, -0.2) is 0 Å². The number of nitrogens with zero attached hydrogens (tertiary/aromatic N) is 2. The molecule has 0 aliphatic heterocycles. The van der Waals surface area contributed by atoms with Gasteiger partial charge in [0.2, 0.25) is 11.7 Å². The molecule has 22 heavy (non-hydrogen) atoms. The molecule has 3 heterocycles. The second-order valence-corrected chi connectivity index (χ2v) is 6.05. The second-order valence-electron chi connectivity index (χ2n) is 5.11. The van der Waals surface area contributed by atoms with Gasteiger partial charge in [-0.1, -0.05) is 25.1 Å². The Bertz CT molecular complexity index is 732. The highest BCUT2D eigenvalue weighted by Gasteiger charge is 2.26. The molecule has 3 aromatic rings. The maximum Gasteiger partial charge on any atom is 0.262 e. The highest BCUT2D eigenvalue weighted by atomic mass is 32.1. The van der Waals surface area contributed by atoms with E-state index in [1.54, 1.807) is 24.5 Å². The molecule has 0 spiro atoms. The number of hydrogen-bond acceptors (Lipinski definition) is 6. The highest BCUT2D eigenvalue weighted by Crippen LogP contribution is 2.24. The number of furan rings is 1. The summed E-state index contributed by atoms with van der Waals surface area (Å²) in [4.78, 5) is 17.2. The first-order valence-electron chi connectivity index (χ1n) is 6.87. The van der Waals surface area contributed by atoms with Crippen LogP contribution in [0.25, 0.3) is 11.6 Å². The molecular weight excluding hydrogens is 302 g/mol. The molecule has 0 aliphatic carbocycles. The van der Waals surface area contributed by atoms with Crippen molar-refractivity contribution in [3.8, 4) is 11.6 Å². The number of nitrogens with one attached hydrogen (secondary N) is 1. The molecule has 1 N–H and O–H groups in total.